The molecule has 22 heavy (non-hydrogen) atoms. The maximum absolute atomic E-state index is 13.8. The summed E-state index contributed by atoms with van der Waals surface area (Å²) in [7, 11) is 0. The predicted octanol–water partition coefficient (Wildman–Crippen LogP) is 1.73. The molecule has 1 unspecified atom stereocenters. The van der Waals surface area contributed by atoms with Crippen molar-refractivity contribution >= 4 is 17.4 Å². The van der Waals surface area contributed by atoms with Gasteiger partial charge in [0.1, 0.15) is 5.69 Å². The van der Waals surface area contributed by atoms with E-state index < -0.39 is 16.4 Å². The van der Waals surface area contributed by atoms with Crippen molar-refractivity contribution in [3.05, 3.63) is 34.1 Å². The number of nitro groups is 1. The van der Waals surface area contributed by atoms with Crippen molar-refractivity contribution < 1.29 is 14.1 Å². The van der Waals surface area contributed by atoms with Crippen molar-refractivity contribution in [1.82, 2.24) is 10.2 Å². The number of benzene rings is 1. The molecular weight excluding hydrogens is 291 g/mol. The van der Waals surface area contributed by atoms with Crippen LogP contribution in [0.4, 0.5) is 20.6 Å². The van der Waals surface area contributed by atoms with Crippen LogP contribution >= 0.6 is 0 Å². The van der Waals surface area contributed by atoms with Crippen molar-refractivity contribution in [1.29, 1.82) is 0 Å². The summed E-state index contributed by atoms with van der Waals surface area (Å²) in [6.07, 6.45) is 1.66. The Hall–Kier alpha value is -2.38. The summed E-state index contributed by atoms with van der Waals surface area (Å²) in [6.45, 7) is 2.37. The number of amides is 2. The second-order valence-electron chi connectivity index (χ2n) is 5.53. The zero-order valence-corrected chi connectivity index (χ0v) is 12.0. The lowest BCUT2D eigenvalue weighted by molar-refractivity contribution is -0.386. The van der Waals surface area contributed by atoms with Crippen molar-refractivity contribution in [2.45, 2.75) is 18.9 Å². The van der Waals surface area contributed by atoms with E-state index in [0.29, 0.717) is 26.2 Å². The monoisotopic (exact) mass is 308 g/mol. The SMILES string of the molecule is O=C1NCCN1C1CCCN(c2cccc(F)c2[N+](=O)[O-])C1. The van der Waals surface area contributed by atoms with Crippen LogP contribution in [0.3, 0.4) is 0 Å². The second-order valence-corrected chi connectivity index (χ2v) is 5.53. The van der Waals surface area contributed by atoms with Crippen LogP contribution in [0.1, 0.15) is 12.8 Å². The summed E-state index contributed by atoms with van der Waals surface area (Å²) >= 11 is 0. The van der Waals surface area contributed by atoms with Crippen LogP contribution in [0.2, 0.25) is 0 Å². The summed E-state index contributed by atoms with van der Waals surface area (Å²) in [5.41, 5.74) is -0.205. The number of nitro benzene ring substituents is 1. The molecule has 2 heterocycles. The van der Waals surface area contributed by atoms with Gasteiger partial charge in [-0.1, -0.05) is 6.07 Å². The third-order valence-corrected chi connectivity index (χ3v) is 4.22. The third kappa shape index (κ3) is 2.56. The Labute approximate surface area is 126 Å². The molecule has 118 valence electrons. The Bertz CT molecular complexity index is 610. The largest absolute Gasteiger partial charge is 0.364 e. The van der Waals surface area contributed by atoms with E-state index in [4.69, 9.17) is 0 Å². The van der Waals surface area contributed by atoms with Crippen LogP contribution in [0.15, 0.2) is 18.2 Å². The number of halogens is 1. The molecule has 3 rings (SSSR count). The lowest BCUT2D eigenvalue weighted by Crippen LogP contribution is -2.49. The van der Waals surface area contributed by atoms with Crippen molar-refractivity contribution in [2.75, 3.05) is 31.1 Å². The van der Waals surface area contributed by atoms with Gasteiger partial charge in [0, 0.05) is 26.2 Å². The van der Waals surface area contributed by atoms with E-state index >= 15 is 0 Å². The standard InChI is InChI=1S/C14H17FN4O3/c15-11-4-1-5-12(13(11)19(21)22)17-7-2-3-10(9-17)18-8-6-16-14(18)20/h1,4-5,10H,2-3,6-9H2,(H,16,20). The molecule has 8 heteroatoms. The lowest BCUT2D eigenvalue weighted by atomic mass is 10.0. The fraction of sp³-hybridized carbons (Fsp3) is 0.500. The first-order valence-electron chi connectivity index (χ1n) is 7.30. The molecule has 1 aromatic carbocycles. The smallest absolute Gasteiger partial charge is 0.327 e. The highest BCUT2D eigenvalue weighted by atomic mass is 19.1. The molecule has 2 amide bonds. The topological polar surface area (TPSA) is 78.7 Å². The second kappa shape index (κ2) is 5.78. The van der Waals surface area contributed by atoms with Crippen molar-refractivity contribution in [2.24, 2.45) is 0 Å². The number of anilines is 1. The molecule has 1 aromatic rings. The predicted molar refractivity (Wildman–Crippen MR) is 78.4 cm³/mol. The van der Waals surface area contributed by atoms with Crippen LogP contribution in [-0.2, 0) is 0 Å². The van der Waals surface area contributed by atoms with E-state index in [0.717, 1.165) is 18.9 Å². The molecular formula is C14H17FN4O3. The van der Waals surface area contributed by atoms with Gasteiger partial charge in [0.2, 0.25) is 5.82 Å². The molecule has 0 bridgehead atoms. The number of urea groups is 1. The van der Waals surface area contributed by atoms with Crippen LogP contribution in [0.5, 0.6) is 0 Å². The first-order chi connectivity index (χ1) is 10.6. The molecule has 0 radical (unpaired) electrons. The first kappa shape index (κ1) is 14.6. The zero-order chi connectivity index (χ0) is 15.7. The molecule has 7 nitrogen and oxygen atoms in total. The van der Waals surface area contributed by atoms with Crippen LogP contribution < -0.4 is 10.2 Å². The number of nitrogens with one attached hydrogen (secondary N) is 1. The molecule has 0 aromatic heterocycles. The first-order valence-corrected chi connectivity index (χ1v) is 7.30. The van der Waals surface area contributed by atoms with Gasteiger partial charge in [-0.05, 0) is 25.0 Å². The summed E-state index contributed by atoms with van der Waals surface area (Å²) in [6, 6.07) is 4.04. The van der Waals surface area contributed by atoms with Crippen LogP contribution in [-0.4, -0.2) is 48.1 Å². The highest BCUT2D eigenvalue weighted by Crippen LogP contribution is 2.33. The summed E-state index contributed by atoms with van der Waals surface area (Å²) in [5, 5.41) is 13.9. The maximum Gasteiger partial charge on any atom is 0.327 e. The van der Waals surface area contributed by atoms with Gasteiger partial charge in [-0.2, -0.15) is 4.39 Å². The highest BCUT2D eigenvalue weighted by Gasteiger charge is 2.33. The van der Waals surface area contributed by atoms with Crippen molar-refractivity contribution in [3.63, 3.8) is 0 Å². The summed E-state index contributed by atoms with van der Waals surface area (Å²) in [5.74, 6) is -0.830. The number of hydrogen-bond donors (Lipinski definition) is 1. The maximum atomic E-state index is 13.8. The van der Waals surface area contributed by atoms with E-state index in [1.165, 1.54) is 6.07 Å². The van der Waals surface area contributed by atoms with E-state index in [-0.39, 0.29) is 17.8 Å². The zero-order valence-electron chi connectivity index (χ0n) is 12.0. The Morgan fingerprint density at radius 3 is 2.86 bits per heavy atom. The minimum atomic E-state index is -0.830. The molecule has 1 atom stereocenters. The Balaban J connectivity index is 1.85. The lowest BCUT2D eigenvalue weighted by Gasteiger charge is -2.37. The fourth-order valence-corrected chi connectivity index (χ4v) is 3.20. The molecule has 0 aliphatic carbocycles. The number of carbonyl (C=O) groups excluding carboxylic acids is 1. The van der Waals surface area contributed by atoms with Crippen LogP contribution in [0.25, 0.3) is 0 Å². The van der Waals surface area contributed by atoms with Gasteiger partial charge in [0.05, 0.1) is 11.0 Å². The van der Waals surface area contributed by atoms with Crippen molar-refractivity contribution in [3.8, 4) is 0 Å². The summed E-state index contributed by atoms with van der Waals surface area (Å²) < 4.78 is 13.8. The molecule has 2 fully saturated rings. The average Bonchev–Trinajstić information content (AvgIpc) is 2.93. The fourth-order valence-electron chi connectivity index (χ4n) is 3.20. The third-order valence-electron chi connectivity index (χ3n) is 4.22. The molecule has 0 saturated carbocycles. The Kier molecular flexibility index (Phi) is 3.82. The molecule has 2 aliphatic rings. The van der Waals surface area contributed by atoms with E-state index in [1.807, 2.05) is 0 Å². The minimum Gasteiger partial charge on any atom is -0.364 e. The van der Waals surface area contributed by atoms with Gasteiger partial charge in [0.25, 0.3) is 0 Å². The van der Waals surface area contributed by atoms with E-state index in [1.54, 1.807) is 15.9 Å². The van der Waals surface area contributed by atoms with Gasteiger partial charge in [0.15, 0.2) is 0 Å². The van der Waals surface area contributed by atoms with E-state index in [9.17, 15) is 19.3 Å². The Morgan fingerprint density at radius 1 is 1.36 bits per heavy atom. The molecule has 2 aliphatic heterocycles. The number of hydrogen-bond acceptors (Lipinski definition) is 4. The minimum absolute atomic E-state index is 0.000813. The van der Waals surface area contributed by atoms with Gasteiger partial charge in [-0.15, -0.1) is 0 Å². The quantitative estimate of drug-likeness (QED) is 0.681. The van der Waals surface area contributed by atoms with Gasteiger partial charge < -0.3 is 15.1 Å². The Morgan fingerprint density at radius 2 is 2.18 bits per heavy atom. The number of carbonyl (C=O) groups is 1. The normalized spacial score (nSPS) is 21.9. The van der Waals surface area contributed by atoms with Gasteiger partial charge in [-0.3, -0.25) is 10.1 Å². The number of nitrogens with zero attached hydrogens (tertiary/aromatic N) is 3. The molecule has 2 saturated heterocycles. The number of para-hydroxylation sites is 1. The number of rotatable bonds is 3. The highest BCUT2D eigenvalue weighted by molar-refractivity contribution is 5.76. The van der Waals surface area contributed by atoms with E-state index in [2.05, 4.69) is 5.32 Å². The number of piperidine rings is 1. The van der Waals surface area contributed by atoms with Crippen LogP contribution in [0, 0.1) is 15.9 Å². The van der Waals surface area contributed by atoms with Gasteiger partial charge in [-0.25, -0.2) is 4.79 Å². The van der Waals surface area contributed by atoms with Gasteiger partial charge >= 0.3 is 11.7 Å². The average molecular weight is 308 g/mol. The molecule has 1 N–H and O–H groups in total. The summed E-state index contributed by atoms with van der Waals surface area (Å²) in [4.78, 5) is 25.8. The molecule has 0 spiro atoms.